The van der Waals surface area contributed by atoms with Crippen molar-refractivity contribution in [2.24, 2.45) is 0 Å². The summed E-state index contributed by atoms with van der Waals surface area (Å²) in [6, 6.07) is 15.8. The number of anilines is 1. The number of amides is 2. The van der Waals surface area contributed by atoms with E-state index < -0.39 is 5.91 Å². The first-order chi connectivity index (χ1) is 12.1. The van der Waals surface area contributed by atoms with Gasteiger partial charge >= 0.3 is 0 Å². The van der Waals surface area contributed by atoms with Gasteiger partial charge in [0.05, 0.1) is 16.9 Å². The number of hydrogen-bond donors (Lipinski definition) is 3. The molecule has 0 aliphatic heterocycles. The van der Waals surface area contributed by atoms with Crippen LogP contribution in [0.3, 0.4) is 0 Å². The average molecular weight is 355 g/mol. The minimum Gasteiger partial charge on any atom is -0.355 e. The Labute approximate surface area is 149 Å². The molecule has 0 aliphatic rings. The van der Waals surface area contributed by atoms with Crippen LogP contribution in [-0.2, 0) is 0 Å². The lowest BCUT2D eigenvalue weighted by atomic mass is 10.1. The molecular weight excluding hydrogens is 340 g/mol. The number of H-pyrrole nitrogens is 1. The van der Waals surface area contributed by atoms with E-state index in [2.05, 4.69) is 20.8 Å². The fourth-order valence-corrected chi connectivity index (χ4v) is 2.50. The van der Waals surface area contributed by atoms with Crippen LogP contribution < -0.4 is 10.6 Å². The molecule has 0 spiro atoms. The van der Waals surface area contributed by atoms with Crippen LogP contribution in [0, 0.1) is 0 Å². The van der Waals surface area contributed by atoms with E-state index in [0.717, 1.165) is 5.56 Å². The zero-order valence-electron chi connectivity index (χ0n) is 13.3. The van der Waals surface area contributed by atoms with Crippen molar-refractivity contribution in [3.05, 3.63) is 70.9 Å². The molecule has 2 aromatic carbocycles. The fourth-order valence-electron chi connectivity index (χ4n) is 2.33. The number of aromatic nitrogens is 2. The SMILES string of the molecule is CNC(=O)c1cc(Cl)ccc1NC(=O)c1cc(-c2ccccc2)n[nH]1. The minimum absolute atomic E-state index is 0.283. The summed E-state index contributed by atoms with van der Waals surface area (Å²) >= 11 is 5.93. The van der Waals surface area contributed by atoms with Gasteiger partial charge in [0, 0.05) is 17.6 Å². The number of nitrogens with one attached hydrogen (secondary N) is 3. The normalized spacial score (nSPS) is 10.3. The summed E-state index contributed by atoms with van der Waals surface area (Å²) in [5, 5.41) is 12.5. The molecule has 0 atom stereocenters. The summed E-state index contributed by atoms with van der Waals surface area (Å²) in [6.45, 7) is 0. The summed E-state index contributed by atoms with van der Waals surface area (Å²) in [7, 11) is 1.51. The van der Waals surface area contributed by atoms with Crippen LogP contribution in [-0.4, -0.2) is 29.1 Å². The monoisotopic (exact) mass is 354 g/mol. The molecule has 6 nitrogen and oxygen atoms in total. The number of carbonyl (C=O) groups is 2. The number of halogens is 1. The molecule has 0 unspecified atom stereocenters. The zero-order chi connectivity index (χ0) is 17.8. The molecule has 0 saturated heterocycles. The second kappa shape index (κ2) is 7.19. The first-order valence-electron chi connectivity index (χ1n) is 7.52. The summed E-state index contributed by atoms with van der Waals surface area (Å²) in [5.41, 5.74) is 2.50. The van der Waals surface area contributed by atoms with Gasteiger partial charge in [0.1, 0.15) is 5.69 Å². The van der Waals surface area contributed by atoms with E-state index in [1.807, 2.05) is 30.3 Å². The molecule has 1 heterocycles. The smallest absolute Gasteiger partial charge is 0.273 e. The van der Waals surface area contributed by atoms with Crippen molar-refractivity contribution in [2.75, 3.05) is 12.4 Å². The quantitative estimate of drug-likeness (QED) is 0.671. The van der Waals surface area contributed by atoms with E-state index in [4.69, 9.17) is 11.6 Å². The molecule has 3 aromatic rings. The molecule has 0 fully saturated rings. The van der Waals surface area contributed by atoms with Crippen LogP contribution in [0.15, 0.2) is 54.6 Å². The van der Waals surface area contributed by atoms with Crippen LogP contribution in [0.25, 0.3) is 11.3 Å². The molecule has 126 valence electrons. The highest BCUT2D eigenvalue weighted by molar-refractivity contribution is 6.31. The molecule has 3 rings (SSSR count). The number of aromatic amines is 1. The van der Waals surface area contributed by atoms with Gasteiger partial charge in [-0.05, 0) is 24.3 Å². The lowest BCUT2D eigenvalue weighted by Crippen LogP contribution is -2.21. The maximum atomic E-state index is 12.5. The molecule has 3 N–H and O–H groups in total. The molecule has 0 aliphatic carbocycles. The van der Waals surface area contributed by atoms with Crippen molar-refractivity contribution in [3.63, 3.8) is 0 Å². The van der Waals surface area contributed by atoms with Crippen LogP contribution in [0.2, 0.25) is 5.02 Å². The molecule has 0 saturated carbocycles. The lowest BCUT2D eigenvalue weighted by molar-refractivity contribution is 0.0964. The Morgan fingerprint density at radius 2 is 1.80 bits per heavy atom. The fraction of sp³-hybridized carbons (Fsp3) is 0.0556. The molecule has 2 amide bonds. The van der Waals surface area contributed by atoms with Gasteiger partial charge in [-0.25, -0.2) is 0 Å². The van der Waals surface area contributed by atoms with Crippen LogP contribution in [0.5, 0.6) is 0 Å². The Bertz CT molecular complexity index is 922. The van der Waals surface area contributed by atoms with Crippen LogP contribution >= 0.6 is 11.6 Å². The Kier molecular flexibility index (Phi) is 4.81. The van der Waals surface area contributed by atoms with Gasteiger partial charge in [-0.3, -0.25) is 14.7 Å². The largest absolute Gasteiger partial charge is 0.355 e. The van der Waals surface area contributed by atoms with E-state index in [9.17, 15) is 9.59 Å². The molecule has 0 radical (unpaired) electrons. The van der Waals surface area contributed by atoms with Crippen molar-refractivity contribution in [1.82, 2.24) is 15.5 Å². The number of nitrogens with zero attached hydrogens (tertiary/aromatic N) is 1. The third-order valence-corrected chi connectivity index (χ3v) is 3.83. The molecule has 0 bridgehead atoms. The Morgan fingerprint density at radius 1 is 1.04 bits per heavy atom. The van der Waals surface area contributed by atoms with Crippen LogP contribution in [0.1, 0.15) is 20.8 Å². The Hall–Kier alpha value is -3.12. The molecular formula is C18H15ClN4O2. The summed E-state index contributed by atoms with van der Waals surface area (Å²) < 4.78 is 0. The van der Waals surface area contributed by atoms with Gasteiger partial charge in [-0.15, -0.1) is 0 Å². The van der Waals surface area contributed by atoms with E-state index in [-0.39, 0.29) is 17.2 Å². The Balaban J connectivity index is 1.84. The highest BCUT2D eigenvalue weighted by atomic mass is 35.5. The highest BCUT2D eigenvalue weighted by Crippen LogP contribution is 2.22. The standard InChI is InChI=1S/C18H15ClN4O2/c1-20-17(24)13-9-12(19)7-8-14(13)21-18(25)16-10-15(22-23-16)11-5-3-2-4-6-11/h2-10H,1H3,(H,20,24)(H,21,25)(H,22,23). The second-order valence-electron chi connectivity index (χ2n) is 5.26. The van der Waals surface area contributed by atoms with Gasteiger partial charge in [0.15, 0.2) is 0 Å². The van der Waals surface area contributed by atoms with Gasteiger partial charge in [-0.2, -0.15) is 5.10 Å². The van der Waals surface area contributed by atoms with Crippen molar-refractivity contribution < 1.29 is 9.59 Å². The van der Waals surface area contributed by atoms with Crippen molar-refractivity contribution >= 4 is 29.1 Å². The van der Waals surface area contributed by atoms with Crippen LogP contribution in [0.4, 0.5) is 5.69 Å². The van der Waals surface area contributed by atoms with E-state index in [1.165, 1.54) is 13.1 Å². The number of carbonyl (C=O) groups excluding carboxylic acids is 2. The number of rotatable bonds is 4. The third-order valence-electron chi connectivity index (χ3n) is 3.59. The summed E-state index contributed by atoms with van der Waals surface area (Å²) in [5.74, 6) is -0.741. The first-order valence-corrected chi connectivity index (χ1v) is 7.90. The molecule has 1 aromatic heterocycles. The van der Waals surface area contributed by atoms with E-state index >= 15 is 0 Å². The summed E-state index contributed by atoms with van der Waals surface area (Å²) in [6.07, 6.45) is 0. The third kappa shape index (κ3) is 3.70. The predicted octanol–water partition coefficient (Wildman–Crippen LogP) is 3.34. The average Bonchev–Trinajstić information content (AvgIpc) is 3.13. The molecule has 7 heteroatoms. The van der Waals surface area contributed by atoms with Gasteiger partial charge in [0.25, 0.3) is 11.8 Å². The van der Waals surface area contributed by atoms with E-state index in [1.54, 1.807) is 18.2 Å². The highest BCUT2D eigenvalue weighted by Gasteiger charge is 2.16. The lowest BCUT2D eigenvalue weighted by Gasteiger charge is -2.09. The number of benzene rings is 2. The topological polar surface area (TPSA) is 86.9 Å². The van der Waals surface area contributed by atoms with Crippen molar-refractivity contribution in [2.45, 2.75) is 0 Å². The first kappa shape index (κ1) is 16.7. The van der Waals surface area contributed by atoms with Crippen molar-refractivity contribution in [3.8, 4) is 11.3 Å². The zero-order valence-corrected chi connectivity index (χ0v) is 14.1. The molecule has 25 heavy (non-hydrogen) atoms. The second-order valence-corrected chi connectivity index (χ2v) is 5.69. The van der Waals surface area contributed by atoms with Crippen molar-refractivity contribution in [1.29, 1.82) is 0 Å². The van der Waals surface area contributed by atoms with Gasteiger partial charge in [0.2, 0.25) is 0 Å². The minimum atomic E-state index is -0.401. The van der Waals surface area contributed by atoms with E-state index in [0.29, 0.717) is 16.4 Å². The van der Waals surface area contributed by atoms with Gasteiger partial charge in [-0.1, -0.05) is 41.9 Å². The predicted molar refractivity (Wildman–Crippen MR) is 96.8 cm³/mol. The maximum Gasteiger partial charge on any atom is 0.273 e. The maximum absolute atomic E-state index is 12.5. The Morgan fingerprint density at radius 3 is 2.52 bits per heavy atom. The van der Waals surface area contributed by atoms with Gasteiger partial charge < -0.3 is 10.6 Å². The number of hydrogen-bond acceptors (Lipinski definition) is 3. The summed E-state index contributed by atoms with van der Waals surface area (Å²) in [4.78, 5) is 24.4.